The van der Waals surface area contributed by atoms with Gasteiger partial charge < -0.3 is 9.30 Å². The molecule has 0 spiro atoms. The molecule has 0 saturated carbocycles. The summed E-state index contributed by atoms with van der Waals surface area (Å²) in [6.07, 6.45) is 3.27. The Hall–Kier alpha value is -2.25. The van der Waals surface area contributed by atoms with E-state index in [2.05, 4.69) is 36.8 Å². The lowest BCUT2D eigenvalue weighted by Crippen LogP contribution is -2.23. The average Bonchev–Trinajstić information content (AvgIpc) is 2.69. The molecule has 0 atom stereocenters. The number of rotatable bonds is 7. The fraction of sp³-hybridized carbons (Fsp3) is 0.190. The third-order valence-corrected chi connectivity index (χ3v) is 5.32. The molecule has 2 aromatic heterocycles. The molecule has 0 N–H and O–H groups in total. The number of carbonyl (C=O) groups is 1. The summed E-state index contributed by atoms with van der Waals surface area (Å²) in [5, 5.41) is 0.735. The van der Waals surface area contributed by atoms with E-state index < -0.39 is 0 Å². The van der Waals surface area contributed by atoms with Gasteiger partial charge in [-0.1, -0.05) is 34.1 Å². The number of hydrogen-bond donors (Lipinski definition) is 0. The molecule has 0 fully saturated rings. The lowest BCUT2D eigenvalue weighted by atomic mass is 10.0. The molecular weight excluding hydrogens is 488 g/mol. The zero-order chi connectivity index (χ0) is 20.1. The highest BCUT2D eigenvalue weighted by Gasteiger charge is 2.11. The van der Waals surface area contributed by atoms with Gasteiger partial charge in [-0.2, -0.15) is 0 Å². The third kappa shape index (κ3) is 5.17. The molecule has 144 valence electrons. The highest BCUT2D eigenvalue weighted by molar-refractivity contribution is 9.10. The second-order valence-corrected chi connectivity index (χ2v) is 7.77. The number of alkyl halides is 1. The summed E-state index contributed by atoms with van der Waals surface area (Å²) in [6.45, 7) is 2.14. The fourth-order valence-electron chi connectivity index (χ4n) is 2.72. The first kappa shape index (κ1) is 20.5. The monoisotopic (exact) mass is 504 g/mol. The van der Waals surface area contributed by atoms with E-state index in [1.165, 1.54) is 10.6 Å². The molecule has 0 unspecified atom stereocenters. The molecule has 7 heteroatoms. The second-order valence-electron chi connectivity index (χ2n) is 6.29. The van der Waals surface area contributed by atoms with Gasteiger partial charge >= 0.3 is 0 Å². The molecule has 3 aromatic rings. The maximum atomic E-state index is 12.6. The second kappa shape index (κ2) is 9.30. The van der Waals surface area contributed by atoms with Crippen LogP contribution in [0.1, 0.15) is 27.2 Å². The normalized spacial score (nSPS) is 10.7. The highest BCUT2D eigenvalue weighted by Crippen LogP contribution is 2.15. The minimum absolute atomic E-state index is 0.0120. The number of halogens is 2. The number of ether oxygens (including phenoxy) is 1. The Kier molecular flexibility index (Phi) is 6.80. The first-order valence-electron chi connectivity index (χ1n) is 8.58. The Morgan fingerprint density at radius 1 is 1.18 bits per heavy atom. The molecule has 0 saturated heterocycles. The van der Waals surface area contributed by atoms with Gasteiger partial charge in [-0.25, -0.2) is 0 Å². The molecule has 0 aliphatic heterocycles. The van der Waals surface area contributed by atoms with Gasteiger partial charge in [0.15, 0.2) is 5.78 Å². The van der Waals surface area contributed by atoms with E-state index in [4.69, 9.17) is 4.74 Å². The molecule has 2 heterocycles. The molecule has 3 rings (SSSR count). The van der Waals surface area contributed by atoms with Gasteiger partial charge in [-0.3, -0.25) is 14.6 Å². The number of aromatic nitrogens is 2. The van der Waals surface area contributed by atoms with Crippen molar-refractivity contribution in [1.82, 2.24) is 9.55 Å². The van der Waals surface area contributed by atoms with Crippen molar-refractivity contribution in [3.8, 4) is 5.75 Å². The molecule has 1 aromatic carbocycles. The summed E-state index contributed by atoms with van der Waals surface area (Å²) >= 11 is 6.74. The van der Waals surface area contributed by atoms with E-state index in [-0.39, 0.29) is 24.5 Å². The Bertz CT molecular complexity index is 1050. The predicted molar refractivity (Wildman–Crippen MR) is 115 cm³/mol. The van der Waals surface area contributed by atoms with Gasteiger partial charge in [0.2, 0.25) is 0 Å². The van der Waals surface area contributed by atoms with Crippen molar-refractivity contribution < 1.29 is 9.53 Å². The van der Waals surface area contributed by atoms with E-state index >= 15 is 0 Å². The summed E-state index contributed by atoms with van der Waals surface area (Å²) in [7, 11) is 0. The van der Waals surface area contributed by atoms with Crippen LogP contribution in [0.2, 0.25) is 0 Å². The van der Waals surface area contributed by atoms with Crippen molar-refractivity contribution in [3.05, 3.63) is 92.1 Å². The number of pyridine rings is 2. The van der Waals surface area contributed by atoms with E-state index in [1.54, 1.807) is 18.5 Å². The number of benzene rings is 1. The lowest BCUT2D eigenvalue weighted by molar-refractivity contribution is 0.0970. The molecular formula is C21H18Br2N2O3. The van der Waals surface area contributed by atoms with Gasteiger partial charge in [-0.15, -0.1) is 0 Å². The number of Topliss-reactive ketones (excluding diaryl/α,β-unsaturated/α-hetero) is 1. The Morgan fingerprint density at radius 3 is 2.64 bits per heavy atom. The van der Waals surface area contributed by atoms with E-state index in [1.807, 2.05) is 37.3 Å². The van der Waals surface area contributed by atoms with Crippen LogP contribution in [0.15, 0.2) is 64.1 Å². The number of aryl methyl sites for hydroxylation is 1. The van der Waals surface area contributed by atoms with Gasteiger partial charge in [0.1, 0.15) is 12.4 Å². The van der Waals surface area contributed by atoms with Crippen LogP contribution >= 0.6 is 31.9 Å². The van der Waals surface area contributed by atoms with Crippen molar-refractivity contribution in [1.29, 1.82) is 0 Å². The van der Waals surface area contributed by atoms with Crippen molar-refractivity contribution in [3.63, 3.8) is 0 Å². The molecule has 5 nitrogen and oxygen atoms in total. The van der Waals surface area contributed by atoms with E-state index in [0.29, 0.717) is 11.3 Å². The Balaban J connectivity index is 1.67. The lowest BCUT2D eigenvalue weighted by Gasteiger charge is -2.10. The zero-order valence-electron chi connectivity index (χ0n) is 15.2. The van der Waals surface area contributed by atoms with Crippen LogP contribution in [0.5, 0.6) is 5.75 Å². The highest BCUT2D eigenvalue weighted by atomic mass is 79.9. The number of carbonyl (C=O) groups excluding carboxylic acids is 1. The minimum atomic E-state index is -0.288. The summed E-state index contributed by atoms with van der Waals surface area (Å²) in [6, 6.07) is 12.5. The van der Waals surface area contributed by atoms with Crippen LogP contribution in [0.3, 0.4) is 0 Å². The maximum Gasteiger partial charge on any atom is 0.254 e. The summed E-state index contributed by atoms with van der Waals surface area (Å²) < 4.78 is 7.89. The standard InChI is InChI=1S/C21H18Br2N2O3/c1-14-8-15(10-22)2-5-19(14)20(26)12-25-7-6-18(9-21(25)27)28-13-17-4-3-16(23)11-24-17/h2-9,11H,10,12-13H2,1H3. The summed E-state index contributed by atoms with van der Waals surface area (Å²) in [5.74, 6) is 0.338. The van der Waals surface area contributed by atoms with Crippen LogP contribution < -0.4 is 10.3 Å². The quantitative estimate of drug-likeness (QED) is 0.346. The maximum absolute atomic E-state index is 12.6. The number of ketones is 1. The van der Waals surface area contributed by atoms with Crippen LogP contribution in [-0.2, 0) is 18.5 Å². The van der Waals surface area contributed by atoms with E-state index in [0.717, 1.165) is 26.6 Å². The Morgan fingerprint density at radius 2 is 2.00 bits per heavy atom. The van der Waals surface area contributed by atoms with Gasteiger partial charge in [0.25, 0.3) is 5.56 Å². The topological polar surface area (TPSA) is 61.2 Å². The van der Waals surface area contributed by atoms with Crippen LogP contribution in [0.4, 0.5) is 0 Å². The third-order valence-electron chi connectivity index (χ3n) is 4.20. The summed E-state index contributed by atoms with van der Waals surface area (Å²) in [5.41, 5.74) is 3.09. The minimum Gasteiger partial charge on any atom is -0.487 e. The van der Waals surface area contributed by atoms with Crippen molar-refractivity contribution >= 4 is 37.6 Å². The SMILES string of the molecule is Cc1cc(CBr)ccc1C(=O)Cn1ccc(OCc2ccc(Br)cn2)cc1=O. The zero-order valence-corrected chi connectivity index (χ0v) is 18.4. The van der Waals surface area contributed by atoms with Crippen molar-refractivity contribution in [2.45, 2.75) is 25.4 Å². The average molecular weight is 506 g/mol. The van der Waals surface area contributed by atoms with Gasteiger partial charge in [0, 0.05) is 33.8 Å². The number of nitrogens with zero attached hydrogens (tertiary/aromatic N) is 2. The smallest absolute Gasteiger partial charge is 0.254 e. The fourth-order valence-corrected chi connectivity index (χ4v) is 3.30. The van der Waals surface area contributed by atoms with Crippen LogP contribution in [0, 0.1) is 6.92 Å². The molecule has 0 bridgehead atoms. The van der Waals surface area contributed by atoms with Crippen LogP contribution in [0.25, 0.3) is 0 Å². The molecule has 0 radical (unpaired) electrons. The molecule has 28 heavy (non-hydrogen) atoms. The number of hydrogen-bond acceptors (Lipinski definition) is 4. The van der Waals surface area contributed by atoms with Crippen LogP contribution in [-0.4, -0.2) is 15.3 Å². The first-order valence-corrected chi connectivity index (χ1v) is 10.5. The van der Waals surface area contributed by atoms with E-state index in [9.17, 15) is 9.59 Å². The van der Waals surface area contributed by atoms with Crippen molar-refractivity contribution in [2.75, 3.05) is 0 Å². The Labute approximate surface area is 179 Å². The predicted octanol–water partition coefficient (Wildman–Crippen LogP) is 4.67. The first-order chi connectivity index (χ1) is 13.5. The van der Waals surface area contributed by atoms with Crippen molar-refractivity contribution in [2.24, 2.45) is 0 Å². The molecule has 0 aliphatic rings. The van der Waals surface area contributed by atoms with Gasteiger partial charge in [0.05, 0.1) is 12.2 Å². The molecule has 0 aliphatic carbocycles. The largest absolute Gasteiger partial charge is 0.487 e. The summed E-state index contributed by atoms with van der Waals surface area (Å²) in [4.78, 5) is 29.2. The molecule has 0 amide bonds. The van der Waals surface area contributed by atoms with Gasteiger partial charge in [-0.05, 0) is 52.2 Å².